The molecule has 0 N–H and O–H groups in total. The number of aromatic nitrogens is 2. The van der Waals surface area contributed by atoms with Gasteiger partial charge in [0.15, 0.2) is 5.82 Å². The standard InChI is InChI=1S/C19H23FN4O4S/c1-13(25)23-7-5-15(6-8-23)19-21-18(28-22-19)9-14-11-24(12-14)29(26,27)17-4-2-3-16(20)10-17/h2-4,10,14-15H,5-9,11-12H2,1H3. The molecule has 1 aromatic heterocycles. The summed E-state index contributed by atoms with van der Waals surface area (Å²) in [4.78, 5) is 17.7. The minimum absolute atomic E-state index is 0.0343. The number of nitrogens with zero attached hydrogens (tertiary/aromatic N) is 4. The van der Waals surface area contributed by atoms with Crippen LogP contribution < -0.4 is 0 Å². The molecular formula is C19H23FN4O4S. The van der Waals surface area contributed by atoms with Gasteiger partial charge in [-0.2, -0.15) is 9.29 Å². The van der Waals surface area contributed by atoms with E-state index in [0.29, 0.717) is 44.3 Å². The van der Waals surface area contributed by atoms with Gasteiger partial charge in [-0.05, 0) is 37.0 Å². The van der Waals surface area contributed by atoms with E-state index in [1.165, 1.54) is 22.5 Å². The zero-order valence-electron chi connectivity index (χ0n) is 16.1. The van der Waals surface area contributed by atoms with Crippen LogP contribution in [0.15, 0.2) is 33.7 Å². The molecule has 2 aliphatic rings. The van der Waals surface area contributed by atoms with Crippen LogP contribution in [0.2, 0.25) is 0 Å². The van der Waals surface area contributed by atoms with Gasteiger partial charge in [-0.15, -0.1) is 0 Å². The third-order valence-electron chi connectivity index (χ3n) is 5.61. The Morgan fingerprint density at radius 3 is 2.66 bits per heavy atom. The van der Waals surface area contributed by atoms with Gasteiger partial charge in [0, 0.05) is 45.4 Å². The SMILES string of the molecule is CC(=O)N1CCC(c2noc(CC3CN(S(=O)(=O)c4cccc(F)c4)C3)n2)CC1. The van der Waals surface area contributed by atoms with Crippen LogP contribution in [0.1, 0.15) is 37.4 Å². The lowest BCUT2D eigenvalue weighted by Gasteiger charge is -2.37. The lowest BCUT2D eigenvalue weighted by atomic mass is 9.96. The first kappa shape index (κ1) is 20.0. The average Bonchev–Trinajstić information content (AvgIpc) is 3.13. The van der Waals surface area contributed by atoms with Gasteiger partial charge in [-0.1, -0.05) is 11.2 Å². The van der Waals surface area contributed by atoms with Crippen molar-refractivity contribution in [1.29, 1.82) is 0 Å². The highest BCUT2D eigenvalue weighted by Crippen LogP contribution is 2.29. The lowest BCUT2D eigenvalue weighted by molar-refractivity contribution is -0.129. The predicted molar refractivity (Wildman–Crippen MR) is 101 cm³/mol. The highest BCUT2D eigenvalue weighted by molar-refractivity contribution is 7.89. The van der Waals surface area contributed by atoms with Gasteiger partial charge in [0.2, 0.25) is 21.8 Å². The van der Waals surface area contributed by atoms with Gasteiger partial charge in [-0.3, -0.25) is 4.79 Å². The summed E-state index contributed by atoms with van der Waals surface area (Å²) in [6.45, 7) is 3.64. The van der Waals surface area contributed by atoms with Crippen molar-refractivity contribution in [2.24, 2.45) is 5.92 Å². The highest BCUT2D eigenvalue weighted by atomic mass is 32.2. The van der Waals surface area contributed by atoms with Crippen LogP contribution in [-0.2, 0) is 21.2 Å². The number of amides is 1. The van der Waals surface area contributed by atoms with Crippen molar-refractivity contribution in [3.8, 4) is 0 Å². The largest absolute Gasteiger partial charge is 0.343 e. The van der Waals surface area contributed by atoms with Crippen LogP contribution in [0, 0.1) is 11.7 Å². The summed E-state index contributed by atoms with van der Waals surface area (Å²) in [5, 5.41) is 4.08. The number of carbonyl (C=O) groups excluding carboxylic acids is 1. The smallest absolute Gasteiger partial charge is 0.243 e. The fourth-order valence-corrected chi connectivity index (χ4v) is 5.47. The molecule has 2 aromatic rings. The van der Waals surface area contributed by atoms with Gasteiger partial charge in [0.1, 0.15) is 5.82 Å². The number of halogens is 1. The number of piperidine rings is 1. The summed E-state index contributed by atoms with van der Waals surface area (Å²) in [6, 6.07) is 5.03. The first-order valence-electron chi connectivity index (χ1n) is 9.66. The zero-order chi connectivity index (χ0) is 20.6. The van der Waals surface area contributed by atoms with Crippen LogP contribution in [0.3, 0.4) is 0 Å². The van der Waals surface area contributed by atoms with E-state index in [-0.39, 0.29) is 22.6 Å². The number of likely N-dealkylation sites (tertiary alicyclic amines) is 1. The number of carbonyl (C=O) groups is 1. The number of hydrogen-bond acceptors (Lipinski definition) is 6. The topological polar surface area (TPSA) is 96.6 Å². The minimum Gasteiger partial charge on any atom is -0.343 e. The number of sulfonamides is 1. The van der Waals surface area contributed by atoms with Crippen LogP contribution in [0.5, 0.6) is 0 Å². The van der Waals surface area contributed by atoms with E-state index in [4.69, 9.17) is 4.52 Å². The summed E-state index contributed by atoms with van der Waals surface area (Å²) in [6.07, 6.45) is 2.12. The Bertz CT molecular complexity index is 995. The maximum Gasteiger partial charge on any atom is 0.243 e. The molecule has 0 saturated carbocycles. The molecule has 0 radical (unpaired) electrons. The minimum atomic E-state index is -3.68. The molecule has 0 unspecified atom stereocenters. The van der Waals surface area contributed by atoms with Crippen molar-refractivity contribution in [3.63, 3.8) is 0 Å². The molecule has 0 aliphatic carbocycles. The molecule has 4 rings (SSSR count). The van der Waals surface area contributed by atoms with Crippen molar-refractivity contribution in [2.45, 2.75) is 37.0 Å². The Morgan fingerprint density at radius 2 is 2.00 bits per heavy atom. The molecule has 0 spiro atoms. The maximum atomic E-state index is 13.3. The quantitative estimate of drug-likeness (QED) is 0.729. The third kappa shape index (κ3) is 4.18. The van der Waals surface area contributed by atoms with Gasteiger partial charge < -0.3 is 9.42 Å². The zero-order valence-corrected chi connectivity index (χ0v) is 16.9. The number of rotatable bonds is 5. The van der Waals surface area contributed by atoms with E-state index in [0.717, 1.165) is 18.9 Å². The molecule has 3 heterocycles. The average molecular weight is 422 g/mol. The summed E-state index contributed by atoms with van der Waals surface area (Å²) < 4.78 is 45.1. The molecule has 2 fully saturated rings. The van der Waals surface area contributed by atoms with Gasteiger partial charge in [0.05, 0.1) is 4.90 Å². The molecule has 1 amide bonds. The number of benzene rings is 1. The second-order valence-electron chi connectivity index (χ2n) is 7.68. The van der Waals surface area contributed by atoms with Crippen molar-refractivity contribution in [2.75, 3.05) is 26.2 Å². The fourth-order valence-electron chi connectivity index (χ4n) is 3.84. The molecule has 8 nitrogen and oxygen atoms in total. The van der Waals surface area contributed by atoms with E-state index < -0.39 is 15.8 Å². The molecular weight excluding hydrogens is 399 g/mol. The first-order chi connectivity index (χ1) is 13.8. The van der Waals surface area contributed by atoms with Gasteiger partial charge >= 0.3 is 0 Å². The Hall–Kier alpha value is -2.33. The highest BCUT2D eigenvalue weighted by Gasteiger charge is 2.38. The van der Waals surface area contributed by atoms with E-state index in [1.807, 2.05) is 4.90 Å². The Labute approximate surface area is 168 Å². The van der Waals surface area contributed by atoms with E-state index in [2.05, 4.69) is 10.1 Å². The predicted octanol–water partition coefficient (Wildman–Crippen LogP) is 1.80. The molecule has 29 heavy (non-hydrogen) atoms. The van der Waals surface area contributed by atoms with E-state index in [1.54, 1.807) is 6.92 Å². The second-order valence-corrected chi connectivity index (χ2v) is 9.61. The van der Waals surface area contributed by atoms with Crippen molar-refractivity contribution in [1.82, 2.24) is 19.3 Å². The van der Waals surface area contributed by atoms with Gasteiger partial charge in [0.25, 0.3) is 0 Å². The molecule has 0 atom stereocenters. The summed E-state index contributed by atoms with van der Waals surface area (Å²) >= 11 is 0. The maximum absolute atomic E-state index is 13.3. The van der Waals surface area contributed by atoms with Crippen molar-refractivity contribution < 1.29 is 22.1 Å². The Kier molecular flexibility index (Phi) is 5.39. The number of hydrogen-bond donors (Lipinski definition) is 0. The van der Waals surface area contributed by atoms with Crippen molar-refractivity contribution >= 4 is 15.9 Å². The lowest BCUT2D eigenvalue weighted by Crippen LogP contribution is -2.50. The van der Waals surface area contributed by atoms with Crippen LogP contribution in [-0.4, -0.2) is 59.8 Å². The molecule has 2 aliphatic heterocycles. The summed E-state index contributed by atoms with van der Waals surface area (Å²) in [5.41, 5.74) is 0. The molecule has 10 heteroatoms. The summed E-state index contributed by atoms with van der Waals surface area (Å²) in [7, 11) is -3.68. The summed E-state index contributed by atoms with van der Waals surface area (Å²) in [5.74, 6) is 0.935. The molecule has 2 saturated heterocycles. The van der Waals surface area contributed by atoms with E-state index >= 15 is 0 Å². The molecule has 156 valence electrons. The Balaban J connectivity index is 1.31. The third-order valence-corrected chi connectivity index (χ3v) is 7.44. The normalized spacial score (nSPS) is 19.3. The molecule has 1 aromatic carbocycles. The first-order valence-corrected chi connectivity index (χ1v) is 11.1. The van der Waals surface area contributed by atoms with Crippen LogP contribution in [0.4, 0.5) is 4.39 Å². The Morgan fingerprint density at radius 1 is 1.28 bits per heavy atom. The fraction of sp³-hybridized carbons (Fsp3) is 0.526. The van der Waals surface area contributed by atoms with Crippen molar-refractivity contribution in [3.05, 3.63) is 41.8 Å². The van der Waals surface area contributed by atoms with Gasteiger partial charge in [-0.25, -0.2) is 12.8 Å². The van der Waals surface area contributed by atoms with E-state index in [9.17, 15) is 17.6 Å². The van der Waals surface area contributed by atoms with Crippen LogP contribution in [0.25, 0.3) is 0 Å². The monoisotopic (exact) mass is 422 g/mol. The molecule has 0 bridgehead atoms. The van der Waals surface area contributed by atoms with Crippen LogP contribution >= 0.6 is 0 Å². The second kappa shape index (κ2) is 7.83.